The van der Waals surface area contributed by atoms with E-state index in [0.29, 0.717) is 6.42 Å². The van der Waals surface area contributed by atoms with Crippen LogP contribution < -0.4 is 0 Å². The minimum Gasteiger partial charge on any atom is -0.481 e. The SMILES string of the molecule is CC(=O)O[C@H]1CC[C@H](C(=O)O)C[C@@H]1C(=O)O. The van der Waals surface area contributed by atoms with Crippen LogP contribution in [0.5, 0.6) is 0 Å². The number of carbonyl (C=O) groups is 3. The van der Waals surface area contributed by atoms with Gasteiger partial charge < -0.3 is 14.9 Å². The molecule has 0 amide bonds. The highest BCUT2D eigenvalue weighted by Gasteiger charge is 2.39. The van der Waals surface area contributed by atoms with Gasteiger partial charge in [0.25, 0.3) is 0 Å². The van der Waals surface area contributed by atoms with Gasteiger partial charge in [-0.15, -0.1) is 0 Å². The average molecular weight is 230 g/mol. The molecule has 0 radical (unpaired) electrons. The predicted molar refractivity (Wildman–Crippen MR) is 51.7 cm³/mol. The molecule has 90 valence electrons. The predicted octanol–water partition coefficient (Wildman–Crippen LogP) is 0.504. The van der Waals surface area contributed by atoms with Crippen molar-refractivity contribution in [1.29, 1.82) is 0 Å². The Morgan fingerprint density at radius 3 is 2.19 bits per heavy atom. The van der Waals surface area contributed by atoms with Crippen LogP contribution in [0.4, 0.5) is 0 Å². The van der Waals surface area contributed by atoms with Crippen LogP contribution in [0.3, 0.4) is 0 Å². The normalized spacial score (nSPS) is 29.4. The molecule has 0 aliphatic heterocycles. The molecule has 1 fully saturated rings. The number of carboxylic acids is 2. The Balaban J connectivity index is 2.71. The molecular formula is C10H14O6. The molecule has 6 heteroatoms. The fourth-order valence-electron chi connectivity index (χ4n) is 1.98. The standard InChI is InChI=1S/C10H14O6/c1-5(11)16-8-3-2-6(9(12)13)4-7(8)10(14)15/h6-8H,2-4H2,1H3,(H,12,13)(H,14,15)/t6-,7-,8-/m0/s1. The van der Waals surface area contributed by atoms with E-state index < -0.39 is 35.8 Å². The quantitative estimate of drug-likeness (QED) is 0.685. The number of ether oxygens (including phenoxy) is 1. The van der Waals surface area contributed by atoms with Gasteiger partial charge in [0.2, 0.25) is 0 Å². The molecule has 0 aromatic rings. The molecule has 1 aliphatic rings. The second kappa shape index (κ2) is 4.96. The maximum Gasteiger partial charge on any atom is 0.310 e. The summed E-state index contributed by atoms with van der Waals surface area (Å²) in [6.07, 6.45) is -0.0571. The highest BCUT2D eigenvalue weighted by molar-refractivity contribution is 5.75. The molecule has 0 spiro atoms. The van der Waals surface area contributed by atoms with Crippen molar-refractivity contribution in [1.82, 2.24) is 0 Å². The summed E-state index contributed by atoms with van der Waals surface area (Å²) in [7, 11) is 0. The van der Waals surface area contributed by atoms with E-state index in [1.165, 1.54) is 6.92 Å². The van der Waals surface area contributed by atoms with Gasteiger partial charge in [-0.05, 0) is 19.3 Å². The van der Waals surface area contributed by atoms with Crippen molar-refractivity contribution in [2.24, 2.45) is 11.8 Å². The first-order valence-corrected chi connectivity index (χ1v) is 5.04. The molecule has 16 heavy (non-hydrogen) atoms. The first kappa shape index (κ1) is 12.5. The zero-order chi connectivity index (χ0) is 12.3. The number of aliphatic carboxylic acids is 2. The number of hydrogen-bond acceptors (Lipinski definition) is 4. The third-order valence-electron chi connectivity index (χ3n) is 2.77. The molecule has 1 aliphatic carbocycles. The second-order valence-corrected chi connectivity index (χ2v) is 3.94. The van der Waals surface area contributed by atoms with Gasteiger partial charge in [0.05, 0.1) is 11.8 Å². The van der Waals surface area contributed by atoms with Crippen LogP contribution in [0.1, 0.15) is 26.2 Å². The molecule has 0 saturated heterocycles. The average Bonchev–Trinajstić information content (AvgIpc) is 2.16. The van der Waals surface area contributed by atoms with Gasteiger partial charge in [0, 0.05) is 6.92 Å². The lowest BCUT2D eigenvalue weighted by molar-refractivity contribution is -0.162. The number of hydrogen-bond donors (Lipinski definition) is 2. The van der Waals surface area contributed by atoms with Crippen LogP contribution >= 0.6 is 0 Å². The third kappa shape index (κ3) is 2.95. The van der Waals surface area contributed by atoms with E-state index in [1.54, 1.807) is 0 Å². The summed E-state index contributed by atoms with van der Waals surface area (Å²) in [4.78, 5) is 32.4. The van der Waals surface area contributed by atoms with Crippen LogP contribution in [-0.2, 0) is 19.1 Å². The van der Waals surface area contributed by atoms with Crippen LogP contribution in [0.15, 0.2) is 0 Å². The largest absolute Gasteiger partial charge is 0.481 e. The zero-order valence-corrected chi connectivity index (χ0v) is 8.88. The van der Waals surface area contributed by atoms with Crippen molar-refractivity contribution in [2.45, 2.75) is 32.3 Å². The fourth-order valence-corrected chi connectivity index (χ4v) is 1.98. The Morgan fingerprint density at radius 2 is 1.75 bits per heavy atom. The van der Waals surface area contributed by atoms with E-state index in [0.717, 1.165) is 0 Å². The molecule has 3 atom stereocenters. The summed E-state index contributed by atoms with van der Waals surface area (Å²) in [5.41, 5.74) is 0. The van der Waals surface area contributed by atoms with E-state index in [-0.39, 0.29) is 12.8 Å². The van der Waals surface area contributed by atoms with Crippen LogP contribution in [-0.4, -0.2) is 34.2 Å². The van der Waals surface area contributed by atoms with Gasteiger partial charge in [0.1, 0.15) is 6.10 Å². The van der Waals surface area contributed by atoms with Gasteiger partial charge in [-0.3, -0.25) is 14.4 Å². The highest BCUT2D eigenvalue weighted by Crippen LogP contribution is 2.31. The Labute approximate surface area is 92.2 Å². The maximum atomic E-state index is 10.9. The molecular weight excluding hydrogens is 216 g/mol. The summed E-state index contributed by atoms with van der Waals surface area (Å²) in [6, 6.07) is 0. The maximum absolute atomic E-state index is 10.9. The lowest BCUT2D eigenvalue weighted by atomic mass is 9.79. The van der Waals surface area contributed by atoms with Crippen molar-refractivity contribution < 1.29 is 29.3 Å². The molecule has 0 bridgehead atoms. The first-order chi connectivity index (χ1) is 7.41. The number of carbonyl (C=O) groups excluding carboxylic acids is 1. The molecule has 2 N–H and O–H groups in total. The monoisotopic (exact) mass is 230 g/mol. The second-order valence-electron chi connectivity index (χ2n) is 3.94. The van der Waals surface area contributed by atoms with Crippen LogP contribution in [0.25, 0.3) is 0 Å². The van der Waals surface area contributed by atoms with Gasteiger partial charge in [-0.25, -0.2) is 0 Å². The van der Waals surface area contributed by atoms with Crippen molar-refractivity contribution in [3.63, 3.8) is 0 Å². The Hall–Kier alpha value is -1.59. The van der Waals surface area contributed by atoms with Gasteiger partial charge >= 0.3 is 17.9 Å². The fraction of sp³-hybridized carbons (Fsp3) is 0.700. The van der Waals surface area contributed by atoms with Crippen molar-refractivity contribution in [3.8, 4) is 0 Å². The van der Waals surface area contributed by atoms with Gasteiger partial charge in [0.15, 0.2) is 0 Å². The molecule has 0 heterocycles. The molecule has 1 rings (SSSR count). The Morgan fingerprint density at radius 1 is 1.12 bits per heavy atom. The van der Waals surface area contributed by atoms with E-state index in [9.17, 15) is 14.4 Å². The first-order valence-electron chi connectivity index (χ1n) is 5.04. The van der Waals surface area contributed by atoms with Crippen molar-refractivity contribution >= 4 is 17.9 Å². The van der Waals surface area contributed by atoms with Gasteiger partial charge in [-0.1, -0.05) is 0 Å². The van der Waals surface area contributed by atoms with Crippen molar-refractivity contribution in [2.75, 3.05) is 0 Å². The van der Waals surface area contributed by atoms with E-state index >= 15 is 0 Å². The molecule has 0 unspecified atom stereocenters. The third-order valence-corrected chi connectivity index (χ3v) is 2.77. The molecule has 6 nitrogen and oxygen atoms in total. The molecule has 0 aromatic carbocycles. The van der Waals surface area contributed by atoms with Gasteiger partial charge in [-0.2, -0.15) is 0 Å². The number of esters is 1. The minimum atomic E-state index is -1.11. The van der Waals surface area contributed by atoms with Crippen LogP contribution in [0.2, 0.25) is 0 Å². The lowest BCUT2D eigenvalue weighted by Crippen LogP contribution is -2.39. The molecule has 0 aromatic heterocycles. The summed E-state index contributed by atoms with van der Waals surface area (Å²) in [6.45, 7) is 1.21. The summed E-state index contributed by atoms with van der Waals surface area (Å²) in [5.74, 6) is -4.22. The summed E-state index contributed by atoms with van der Waals surface area (Å²) < 4.78 is 4.88. The van der Waals surface area contributed by atoms with Crippen LogP contribution in [0, 0.1) is 11.8 Å². The topological polar surface area (TPSA) is 101 Å². The zero-order valence-electron chi connectivity index (χ0n) is 8.88. The van der Waals surface area contributed by atoms with E-state index in [1.807, 2.05) is 0 Å². The smallest absolute Gasteiger partial charge is 0.310 e. The Kier molecular flexibility index (Phi) is 3.87. The van der Waals surface area contributed by atoms with E-state index in [4.69, 9.17) is 14.9 Å². The summed E-state index contributed by atoms with van der Waals surface area (Å²) in [5, 5.41) is 17.7. The van der Waals surface area contributed by atoms with Crippen molar-refractivity contribution in [3.05, 3.63) is 0 Å². The number of rotatable bonds is 3. The lowest BCUT2D eigenvalue weighted by Gasteiger charge is -2.31. The Bertz CT molecular complexity index is 310. The molecule has 1 saturated carbocycles. The highest BCUT2D eigenvalue weighted by atomic mass is 16.5. The minimum absolute atomic E-state index is 0.0165. The summed E-state index contributed by atoms with van der Waals surface area (Å²) >= 11 is 0. The van der Waals surface area contributed by atoms with E-state index in [2.05, 4.69) is 0 Å². The number of carboxylic acid groups (broad SMARTS) is 2.